The van der Waals surface area contributed by atoms with E-state index in [2.05, 4.69) is 43.6 Å². The summed E-state index contributed by atoms with van der Waals surface area (Å²) in [6.45, 7) is 17.3. The summed E-state index contributed by atoms with van der Waals surface area (Å²) in [6.07, 6.45) is 15.2. The van der Waals surface area contributed by atoms with Gasteiger partial charge in [0.15, 0.2) is 0 Å². The van der Waals surface area contributed by atoms with Crippen molar-refractivity contribution in [2.45, 2.75) is 85.5 Å². The fraction of sp³-hybridized carbons (Fsp3) is 0.917. The van der Waals surface area contributed by atoms with E-state index in [4.69, 9.17) is 0 Å². The molecule has 0 bridgehead atoms. The summed E-state index contributed by atoms with van der Waals surface area (Å²) >= 11 is 0. The molecule has 1 fully saturated rings. The first-order valence-electron chi connectivity index (χ1n) is 11.8. The van der Waals surface area contributed by atoms with Gasteiger partial charge in [0.1, 0.15) is 0 Å². The van der Waals surface area contributed by atoms with Gasteiger partial charge in [-0.3, -0.25) is 4.90 Å². The Balaban J connectivity index is 1.77. The molecule has 152 valence electrons. The molecule has 2 nitrogen and oxygen atoms in total. The van der Waals surface area contributed by atoms with Crippen LogP contribution < -0.4 is 0 Å². The van der Waals surface area contributed by atoms with Gasteiger partial charge in [0, 0.05) is 19.6 Å². The number of piperidine rings is 1. The normalized spacial score (nSPS) is 28.3. The first kappa shape index (κ1) is 22.0. The highest BCUT2D eigenvalue weighted by Crippen LogP contribution is 2.34. The Hall–Kier alpha value is -0.340. The van der Waals surface area contributed by atoms with E-state index in [1.807, 2.05) is 0 Å². The third-order valence-electron chi connectivity index (χ3n) is 6.70. The summed E-state index contributed by atoms with van der Waals surface area (Å²) < 4.78 is 0. The van der Waals surface area contributed by atoms with Crippen LogP contribution in [0.4, 0.5) is 0 Å². The molecule has 0 unspecified atom stereocenters. The maximum absolute atomic E-state index is 2.75. The largest absolute Gasteiger partial charge is 0.303 e. The van der Waals surface area contributed by atoms with E-state index in [1.54, 1.807) is 5.57 Å². The van der Waals surface area contributed by atoms with Gasteiger partial charge < -0.3 is 4.90 Å². The molecule has 2 heteroatoms. The predicted molar refractivity (Wildman–Crippen MR) is 116 cm³/mol. The molecule has 0 N–H and O–H groups in total. The summed E-state index contributed by atoms with van der Waals surface area (Å²) in [7, 11) is 0. The smallest absolute Gasteiger partial charge is 0.0190 e. The van der Waals surface area contributed by atoms with E-state index < -0.39 is 0 Å². The minimum absolute atomic E-state index is 0.798. The number of rotatable bonds is 11. The van der Waals surface area contributed by atoms with Crippen molar-refractivity contribution in [1.82, 2.24) is 9.80 Å². The van der Waals surface area contributed by atoms with Crippen molar-refractivity contribution in [3.05, 3.63) is 11.6 Å². The first-order valence-corrected chi connectivity index (χ1v) is 11.8. The number of unbranched alkanes of at least 4 members (excludes halogenated alkanes) is 6. The fourth-order valence-corrected chi connectivity index (χ4v) is 5.23. The van der Waals surface area contributed by atoms with Crippen molar-refractivity contribution in [3.63, 3.8) is 0 Å². The standard InChI is InChI=1S/C24H46N2/c1-5-7-9-11-14-25-16-13-24(22(4)19-25)23-17-21(3)18-26(20-23)15-12-10-8-6-2/h17,22-24H,5-16,18-20H2,1-4H3/t22-,23+,24-/m1/s1. The highest BCUT2D eigenvalue weighted by molar-refractivity contribution is 5.10. The van der Waals surface area contributed by atoms with E-state index in [0.29, 0.717) is 0 Å². The maximum Gasteiger partial charge on any atom is 0.0190 e. The zero-order valence-corrected chi connectivity index (χ0v) is 18.3. The predicted octanol–water partition coefficient (Wildman–Crippen LogP) is 5.98. The average molecular weight is 363 g/mol. The van der Waals surface area contributed by atoms with Gasteiger partial charge in [0.05, 0.1) is 0 Å². The van der Waals surface area contributed by atoms with E-state index in [-0.39, 0.29) is 0 Å². The number of nitrogens with zero attached hydrogens (tertiary/aromatic N) is 2. The van der Waals surface area contributed by atoms with Gasteiger partial charge in [-0.05, 0) is 63.6 Å². The van der Waals surface area contributed by atoms with Crippen LogP contribution in [0.15, 0.2) is 11.6 Å². The molecule has 0 aromatic rings. The number of likely N-dealkylation sites (tertiary alicyclic amines) is 1. The molecule has 0 aromatic carbocycles. The minimum Gasteiger partial charge on any atom is -0.303 e. The van der Waals surface area contributed by atoms with Gasteiger partial charge >= 0.3 is 0 Å². The van der Waals surface area contributed by atoms with E-state index >= 15 is 0 Å². The molecule has 0 spiro atoms. The molecule has 0 saturated carbocycles. The van der Waals surface area contributed by atoms with Crippen LogP contribution in [0.25, 0.3) is 0 Å². The minimum atomic E-state index is 0.798. The molecule has 0 amide bonds. The van der Waals surface area contributed by atoms with Crippen LogP contribution in [-0.2, 0) is 0 Å². The molecule has 0 radical (unpaired) electrons. The van der Waals surface area contributed by atoms with Gasteiger partial charge in [-0.1, -0.05) is 70.9 Å². The van der Waals surface area contributed by atoms with Crippen molar-refractivity contribution >= 4 is 0 Å². The van der Waals surface area contributed by atoms with Gasteiger partial charge in [-0.25, -0.2) is 0 Å². The molecule has 2 aliphatic rings. The molecule has 1 saturated heterocycles. The Morgan fingerprint density at radius 2 is 1.54 bits per heavy atom. The quantitative estimate of drug-likeness (QED) is 0.329. The molecular weight excluding hydrogens is 316 g/mol. The molecule has 0 aromatic heterocycles. The summed E-state index contributed by atoms with van der Waals surface area (Å²) in [5, 5.41) is 0. The van der Waals surface area contributed by atoms with Crippen molar-refractivity contribution in [2.75, 3.05) is 39.3 Å². The Morgan fingerprint density at radius 3 is 2.15 bits per heavy atom. The molecule has 2 heterocycles. The summed E-state index contributed by atoms with van der Waals surface area (Å²) in [4.78, 5) is 5.50. The van der Waals surface area contributed by atoms with E-state index in [1.165, 1.54) is 97.1 Å². The highest BCUT2D eigenvalue weighted by Gasteiger charge is 2.33. The zero-order chi connectivity index (χ0) is 18.8. The van der Waals surface area contributed by atoms with Crippen LogP contribution in [0.1, 0.15) is 85.5 Å². The van der Waals surface area contributed by atoms with Crippen LogP contribution in [0.2, 0.25) is 0 Å². The lowest BCUT2D eigenvalue weighted by atomic mass is 9.75. The van der Waals surface area contributed by atoms with Crippen LogP contribution >= 0.6 is 0 Å². The lowest BCUT2D eigenvalue weighted by molar-refractivity contribution is 0.0842. The van der Waals surface area contributed by atoms with Gasteiger partial charge in [0.2, 0.25) is 0 Å². The molecule has 0 aliphatic carbocycles. The summed E-state index contributed by atoms with van der Waals surface area (Å²) in [5.74, 6) is 2.55. The monoisotopic (exact) mass is 362 g/mol. The third-order valence-corrected chi connectivity index (χ3v) is 6.70. The van der Waals surface area contributed by atoms with Crippen molar-refractivity contribution in [3.8, 4) is 0 Å². The molecule has 26 heavy (non-hydrogen) atoms. The Morgan fingerprint density at radius 1 is 0.885 bits per heavy atom. The average Bonchev–Trinajstić information content (AvgIpc) is 2.62. The fourth-order valence-electron chi connectivity index (χ4n) is 5.23. The van der Waals surface area contributed by atoms with Gasteiger partial charge in [-0.15, -0.1) is 0 Å². The van der Waals surface area contributed by atoms with Crippen LogP contribution in [-0.4, -0.2) is 49.1 Å². The lowest BCUT2D eigenvalue weighted by Gasteiger charge is -2.43. The van der Waals surface area contributed by atoms with E-state index in [0.717, 1.165) is 17.8 Å². The van der Waals surface area contributed by atoms with Crippen molar-refractivity contribution in [1.29, 1.82) is 0 Å². The topological polar surface area (TPSA) is 6.48 Å². The second-order valence-electron chi connectivity index (χ2n) is 9.26. The highest BCUT2D eigenvalue weighted by atomic mass is 15.1. The first-order chi connectivity index (χ1) is 12.6. The summed E-state index contributed by atoms with van der Waals surface area (Å²) in [6, 6.07) is 0. The van der Waals surface area contributed by atoms with Gasteiger partial charge in [0.25, 0.3) is 0 Å². The molecular formula is C24H46N2. The van der Waals surface area contributed by atoms with Crippen molar-refractivity contribution in [2.24, 2.45) is 17.8 Å². The zero-order valence-electron chi connectivity index (χ0n) is 18.3. The van der Waals surface area contributed by atoms with Crippen LogP contribution in [0.3, 0.4) is 0 Å². The Bertz CT molecular complexity index is 403. The molecule has 3 atom stereocenters. The second kappa shape index (κ2) is 12.2. The Kier molecular flexibility index (Phi) is 10.3. The van der Waals surface area contributed by atoms with Crippen molar-refractivity contribution < 1.29 is 0 Å². The second-order valence-corrected chi connectivity index (χ2v) is 9.26. The molecule has 2 rings (SSSR count). The molecule has 2 aliphatic heterocycles. The van der Waals surface area contributed by atoms with Crippen LogP contribution in [0, 0.1) is 17.8 Å². The Labute approximate surface area is 164 Å². The van der Waals surface area contributed by atoms with Crippen LogP contribution in [0.5, 0.6) is 0 Å². The third kappa shape index (κ3) is 7.35. The lowest BCUT2D eigenvalue weighted by Crippen LogP contribution is -2.46. The number of hydrogen-bond donors (Lipinski definition) is 0. The SMILES string of the molecule is CCCCCCN1CC[C@@H]([C@H]2C=C(C)CN(CCCCCC)C2)[C@H](C)C1. The van der Waals surface area contributed by atoms with Gasteiger partial charge in [-0.2, -0.15) is 0 Å². The van der Waals surface area contributed by atoms with E-state index in [9.17, 15) is 0 Å². The summed E-state index contributed by atoms with van der Waals surface area (Å²) in [5.41, 5.74) is 1.62. The number of hydrogen-bond acceptors (Lipinski definition) is 2. The maximum atomic E-state index is 2.75.